The minimum absolute atomic E-state index is 0.0794. The van der Waals surface area contributed by atoms with E-state index in [0.717, 1.165) is 12.1 Å². The number of anilines is 2. The summed E-state index contributed by atoms with van der Waals surface area (Å²) >= 11 is 4.68. The highest BCUT2D eigenvalue weighted by Gasteiger charge is 2.13. The highest BCUT2D eigenvalue weighted by molar-refractivity contribution is 7.80. The first-order valence-electron chi connectivity index (χ1n) is 5.71. The Balaban J connectivity index is 2.39. The fraction of sp³-hybridized carbons (Fsp3) is 0.0714. The topological polar surface area (TPSA) is 38.0 Å². The van der Waals surface area contributed by atoms with Gasteiger partial charge in [-0.05, 0) is 36.8 Å². The number of halogens is 3. The van der Waals surface area contributed by atoms with Gasteiger partial charge >= 0.3 is 0 Å². The molecule has 0 bridgehead atoms. The minimum atomic E-state index is -0.757. The van der Waals surface area contributed by atoms with E-state index in [2.05, 4.69) is 17.5 Å². The van der Waals surface area contributed by atoms with Gasteiger partial charge in [0.1, 0.15) is 22.3 Å². The van der Waals surface area contributed by atoms with Crippen LogP contribution in [-0.4, -0.2) is 4.99 Å². The van der Waals surface area contributed by atoms with E-state index < -0.39 is 17.5 Å². The molecule has 0 unspecified atom stereocenters. The molecule has 2 nitrogen and oxygen atoms in total. The molecule has 2 rings (SSSR count). The van der Waals surface area contributed by atoms with Crippen molar-refractivity contribution < 1.29 is 13.2 Å². The Morgan fingerprint density at radius 3 is 2.40 bits per heavy atom. The van der Waals surface area contributed by atoms with Crippen molar-refractivity contribution in [2.45, 2.75) is 6.92 Å². The molecule has 0 saturated heterocycles. The number of nitrogens with two attached hydrogens (primary N) is 1. The van der Waals surface area contributed by atoms with Crippen LogP contribution in [0.25, 0.3) is 0 Å². The van der Waals surface area contributed by atoms with Crippen molar-refractivity contribution in [1.29, 1.82) is 0 Å². The molecule has 6 heteroatoms. The summed E-state index contributed by atoms with van der Waals surface area (Å²) < 4.78 is 41.1. The molecule has 0 atom stereocenters. The summed E-state index contributed by atoms with van der Waals surface area (Å²) in [7, 11) is 0. The smallest absolute Gasteiger partial charge is 0.152 e. The molecule has 0 aliphatic heterocycles. The molecule has 0 saturated carbocycles. The molecule has 0 fully saturated rings. The van der Waals surface area contributed by atoms with Crippen molar-refractivity contribution in [2.75, 3.05) is 5.32 Å². The summed E-state index contributed by atoms with van der Waals surface area (Å²) in [6.07, 6.45) is 0. The van der Waals surface area contributed by atoms with Crippen molar-refractivity contribution in [3.63, 3.8) is 0 Å². The fourth-order valence-electron chi connectivity index (χ4n) is 1.71. The van der Waals surface area contributed by atoms with Gasteiger partial charge in [-0.2, -0.15) is 0 Å². The monoisotopic (exact) mass is 296 g/mol. The number of hydrogen-bond donors (Lipinski definition) is 2. The summed E-state index contributed by atoms with van der Waals surface area (Å²) in [5.74, 6) is -2.13. The van der Waals surface area contributed by atoms with Gasteiger partial charge in [-0.15, -0.1) is 0 Å². The van der Waals surface area contributed by atoms with Crippen molar-refractivity contribution in [1.82, 2.24) is 0 Å². The summed E-state index contributed by atoms with van der Waals surface area (Å²) in [5.41, 5.74) is 5.58. The molecular formula is C14H11F3N2S. The van der Waals surface area contributed by atoms with E-state index in [1.165, 1.54) is 25.1 Å². The van der Waals surface area contributed by atoms with Crippen LogP contribution in [0.4, 0.5) is 24.5 Å². The maximum absolute atomic E-state index is 13.8. The summed E-state index contributed by atoms with van der Waals surface area (Å²) in [6.45, 7) is 1.51. The largest absolute Gasteiger partial charge is 0.389 e. The average Bonchev–Trinajstić information content (AvgIpc) is 2.39. The van der Waals surface area contributed by atoms with Gasteiger partial charge in [0, 0.05) is 11.3 Å². The highest BCUT2D eigenvalue weighted by atomic mass is 32.1. The standard InChI is InChI=1S/C14H11F3N2S/c1-7-2-5-10(15)13(12(7)17)19-8-3-4-9(14(18)20)11(16)6-8/h2-6,19H,1H3,(H2,18,20). The molecule has 0 heterocycles. The number of thiocarbonyl (C=S) groups is 1. The van der Waals surface area contributed by atoms with Gasteiger partial charge in [0.2, 0.25) is 0 Å². The van der Waals surface area contributed by atoms with Gasteiger partial charge < -0.3 is 11.1 Å². The molecule has 0 aromatic heterocycles. The molecule has 3 N–H and O–H groups in total. The van der Waals surface area contributed by atoms with Gasteiger partial charge in [0.05, 0.1) is 0 Å². The number of aryl methyl sites for hydroxylation is 1. The fourth-order valence-corrected chi connectivity index (χ4v) is 1.87. The predicted octanol–water partition coefficient (Wildman–Crippen LogP) is 3.79. The van der Waals surface area contributed by atoms with Gasteiger partial charge in [0.15, 0.2) is 5.82 Å². The summed E-state index contributed by atoms with van der Waals surface area (Å²) in [5, 5.41) is 2.51. The van der Waals surface area contributed by atoms with E-state index in [1.807, 2.05) is 0 Å². The first-order valence-corrected chi connectivity index (χ1v) is 6.12. The Hall–Kier alpha value is -2.08. The van der Waals surface area contributed by atoms with E-state index in [9.17, 15) is 13.2 Å². The zero-order chi connectivity index (χ0) is 14.9. The number of nitrogens with one attached hydrogen (secondary N) is 1. The maximum atomic E-state index is 13.8. The first kappa shape index (κ1) is 14.3. The van der Waals surface area contributed by atoms with Gasteiger partial charge in [-0.25, -0.2) is 13.2 Å². The first-order chi connectivity index (χ1) is 9.40. The van der Waals surface area contributed by atoms with Crippen LogP contribution in [0.3, 0.4) is 0 Å². The van der Waals surface area contributed by atoms with E-state index in [1.54, 1.807) is 0 Å². The second-order valence-corrected chi connectivity index (χ2v) is 4.68. The zero-order valence-corrected chi connectivity index (χ0v) is 11.3. The van der Waals surface area contributed by atoms with Gasteiger partial charge in [-0.3, -0.25) is 0 Å². The van der Waals surface area contributed by atoms with Crippen LogP contribution < -0.4 is 11.1 Å². The third-order valence-electron chi connectivity index (χ3n) is 2.79. The van der Waals surface area contributed by atoms with Crippen molar-refractivity contribution >= 4 is 28.6 Å². The molecule has 0 radical (unpaired) electrons. The Morgan fingerprint density at radius 2 is 1.80 bits per heavy atom. The van der Waals surface area contributed by atoms with Crippen LogP contribution in [0.2, 0.25) is 0 Å². The van der Waals surface area contributed by atoms with E-state index in [-0.39, 0.29) is 27.5 Å². The van der Waals surface area contributed by atoms with E-state index in [0.29, 0.717) is 0 Å². The SMILES string of the molecule is Cc1ccc(F)c(Nc2ccc(C(N)=S)c(F)c2)c1F. The molecule has 0 spiro atoms. The second-order valence-electron chi connectivity index (χ2n) is 4.24. The van der Waals surface area contributed by atoms with Crippen LogP contribution in [0, 0.1) is 24.4 Å². The molecule has 104 valence electrons. The molecule has 0 aliphatic rings. The third kappa shape index (κ3) is 2.75. The van der Waals surface area contributed by atoms with Crippen LogP contribution in [0.15, 0.2) is 30.3 Å². The van der Waals surface area contributed by atoms with Crippen LogP contribution >= 0.6 is 12.2 Å². The highest BCUT2D eigenvalue weighted by Crippen LogP contribution is 2.26. The van der Waals surface area contributed by atoms with E-state index in [4.69, 9.17) is 5.73 Å². The Kier molecular flexibility index (Phi) is 3.94. The maximum Gasteiger partial charge on any atom is 0.152 e. The Labute approximate surface area is 119 Å². The third-order valence-corrected chi connectivity index (χ3v) is 3.01. The molecule has 2 aromatic carbocycles. The van der Waals surface area contributed by atoms with Crippen molar-refractivity contribution in [2.24, 2.45) is 5.73 Å². The average molecular weight is 296 g/mol. The molecule has 0 amide bonds. The quantitative estimate of drug-likeness (QED) is 0.846. The lowest BCUT2D eigenvalue weighted by atomic mass is 10.1. The Bertz CT molecular complexity index is 686. The predicted molar refractivity (Wildman–Crippen MR) is 76.7 cm³/mol. The van der Waals surface area contributed by atoms with Gasteiger partial charge in [0.25, 0.3) is 0 Å². The molecular weight excluding hydrogens is 285 g/mol. The second kappa shape index (κ2) is 5.50. The number of benzene rings is 2. The summed E-state index contributed by atoms with van der Waals surface area (Å²) in [4.78, 5) is -0.0815. The number of hydrogen-bond acceptors (Lipinski definition) is 2. The lowest BCUT2D eigenvalue weighted by molar-refractivity contribution is 0.584. The zero-order valence-electron chi connectivity index (χ0n) is 10.5. The Morgan fingerprint density at radius 1 is 1.10 bits per heavy atom. The van der Waals surface area contributed by atoms with Crippen molar-refractivity contribution in [3.05, 3.63) is 58.9 Å². The lowest BCUT2D eigenvalue weighted by Crippen LogP contribution is -2.11. The van der Waals surface area contributed by atoms with Crippen molar-refractivity contribution in [3.8, 4) is 0 Å². The van der Waals surface area contributed by atoms with Crippen LogP contribution in [0.1, 0.15) is 11.1 Å². The molecule has 2 aromatic rings. The normalized spacial score (nSPS) is 10.4. The molecule has 0 aliphatic carbocycles. The van der Waals surface area contributed by atoms with Gasteiger partial charge in [-0.1, -0.05) is 18.3 Å². The minimum Gasteiger partial charge on any atom is -0.389 e. The molecule has 20 heavy (non-hydrogen) atoms. The lowest BCUT2D eigenvalue weighted by Gasteiger charge is -2.11. The van der Waals surface area contributed by atoms with Crippen LogP contribution in [-0.2, 0) is 0 Å². The number of rotatable bonds is 3. The summed E-state index contributed by atoms with van der Waals surface area (Å²) in [6, 6.07) is 6.34. The van der Waals surface area contributed by atoms with E-state index >= 15 is 0 Å². The van der Waals surface area contributed by atoms with Crippen LogP contribution in [0.5, 0.6) is 0 Å².